The first-order chi connectivity index (χ1) is 19.5. The van der Waals surface area contributed by atoms with Gasteiger partial charge in [0.15, 0.2) is 5.65 Å². The number of aromatic amines is 1. The summed E-state index contributed by atoms with van der Waals surface area (Å²) < 4.78 is 9.81. The van der Waals surface area contributed by atoms with E-state index in [1.54, 1.807) is 18.5 Å². The second-order valence-electron chi connectivity index (χ2n) is 10.5. The fourth-order valence-electron chi connectivity index (χ4n) is 6.01. The van der Waals surface area contributed by atoms with Crippen LogP contribution in [0, 0.1) is 0 Å². The molecular weight excluding hydrogens is 504 g/mol. The number of aromatic nitrogens is 4. The minimum absolute atomic E-state index is 0.0724. The molecule has 2 aliphatic heterocycles. The van der Waals surface area contributed by atoms with Crippen molar-refractivity contribution >= 4 is 34.1 Å². The molecule has 0 spiro atoms. The van der Waals surface area contributed by atoms with E-state index >= 15 is 0 Å². The third-order valence-corrected chi connectivity index (χ3v) is 7.99. The number of ether oxygens (including phenoxy) is 1. The van der Waals surface area contributed by atoms with Gasteiger partial charge in [-0.3, -0.25) is 19.3 Å². The van der Waals surface area contributed by atoms with E-state index < -0.39 is 0 Å². The van der Waals surface area contributed by atoms with E-state index in [4.69, 9.17) is 4.74 Å². The number of allylic oxidation sites excluding steroid dienone is 2. The number of fused-ring (bicyclic) bond motifs is 2. The molecule has 4 aromatic rings. The molecule has 1 N–H and O–H groups in total. The Morgan fingerprint density at radius 2 is 1.98 bits per heavy atom. The third-order valence-electron chi connectivity index (χ3n) is 7.99. The lowest BCUT2D eigenvalue weighted by Gasteiger charge is -2.34. The Hall–Kier alpha value is -4.24. The summed E-state index contributed by atoms with van der Waals surface area (Å²) in [7, 11) is 0. The van der Waals surface area contributed by atoms with Gasteiger partial charge in [0.1, 0.15) is 5.70 Å². The largest absolute Gasteiger partial charge is 0.376 e. The zero-order valence-corrected chi connectivity index (χ0v) is 22.8. The molecule has 9 nitrogen and oxygen atoms in total. The van der Waals surface area contributed by atoms with Gasteiger partial charge in [-0.15, -0.1) is 0 Å². The number of benzene rings is 1. The molecule has 2 saturated heterocycles. The second-order valence-corrected chi connectivity index (χ2v) is 10.5. The number of hydrogen-bond acceptors (Lipinski definition) is 6. The zero-order chi connectivity index (χ0) is 27.6. The standard InChI is InChI=1S/C31H34N6O3/c1-3-32-26(29(38)25-20-36(19-23-8-7-17-40-23)27-10-5-4-9-24(25)27)18-21(2)35-15-12-22(13-16-35)37-28-11-6-14-33-30(28)34-31(37)39/h3-6,9-11,14,18,20,22-23H,2,7-8,12-13,15-17,19H2,1H3,(H,33,34,39)/b26-18-,32-3?. The summed E-state index contributed by atoms with van der Waals surface area (Å²) in [5.74, 6) is -0.130. The molecular formula is C31H34N6O3. The van der Waals surface area contributed by atoms with Gasteiger partial charge >= 0.3 is 5.69 Å². The van der Waals surface area contributed by atoms with E-state index in [0.717, 1.165) is 74.0 Å². The maximum atomic E-state index is 13.9. The van der Waals surface area contributed by atoms with Crippen LogP contribution >= 0.6 is 0 Å². The summed E-state index contributed by atoms with van der Waals surface area (Å²) in [5, 5.41) is 0.910. The van der Waals surface area contributed by atoms with Crippen molar-refractivity contribution in [3.05, 3.63) is 88.9 Å². The Balaban J connectivity index is 1.21. The summed E-state index contributed by atoms with van der Waals surface area (Å²) in [5.41, 5.74) is 4.05. The minimum atomic E-state index is -0.130. The number of rotatable bonds is 8. The van der Waals surface area contributed by atoms with E-state index in [1.165, 1.54) is 0 Å². The van der Waals surface area contributed by atoms with Crippen molar-refractivity contribution < 1.29 is 9.53 Å². The first kappa shape index (κ1) is 26.0. The molecule has 5 heterocycles. The van der Waals surface area contributed by atoms with E-state index in [1.807, 2.05) is 54.1 Å². The molecule has 0 radical (unpaired) electrons. The van der Waals surface area contributed by atoms with Crippen molar-refractivity contribution in [1.82, 2.24) is 24.0 Å². The number of carbonyl (C=O) groups is 1. The Morgan fingerprint density at radius 1 is 1.18 bits per heavy atom. The quantitative estimate of drug-likeness (QED) is 0.149. The maximum absolute atomic E-state index is 13.9. The molecule has 2 aliphatic rings. The molecule has 0 saturated carbocycles. The highest BCUT2D eigenvalue weighted by molar-refractivity contribution is 6.16. The topological polar surface area (TPSA) is 97.5 Å². The number of carbonyl (C=O) groups excluding carboxylic acids is 1. The van der Waals surface area contributed by atoms with Crippen molar-refractivity contribution in [2.75, 3.05) is 19.7 Å². The van der Waals surface area contributed by atoms with Crippen molar-refractivity contribution in [3.8, 4) is 0 Å². The van der Waals surface area contributed by atoms with Gasteiger partial charge < -0.3 is 14.2 Å². The lowest BCUT2D eigenvalue weighted by Crippen LogP contribution is -2.36. The normalized spacial score (nSPS) is 18.9. The van der Waals surface area contributed by atoms with Gasteiger partial charge in [0.05, 0.1) is 11.6 Å². The molecule has 40 heavy (non-hydrogen) atoms. The average Bonchev–Trinajstić information content (AvgIpc) is 3.70. The zero-order valence-electron chi connectivity index (χ0n) is 22.8. The Bertz CT molecular complexity index is 1680. The SMILES string of the molecule is C=C(/C=C(\N=CC)C(=O)c1cn(CC2CCCO2)c2ccccc12)N1CCC(n2c(=O)[nH]c3ncccc32)CC1. The lowest BCUT2D eigenvalue weighted by atomic mass is 10.0. The molecule has 206 valence electrons. The molecule has 0 bridgehead atoms. The molecule has 0 aliphatic carbocycles. The van der Waals surface area contributed by atoms with Crippen LogP contribution in [0.5, 0.6) is 0 Å². The summed E-state index contributed by atoms with van der Waals surface area (Å²) in [6.45, 7) is 9.05. The van der Waals surface area contributed by atoms with Crippen LogP contribution in [0.4, 0.5) is 0 Å². The minimum Gasteiger partial charge on any atom is -0.376 e. The number of aliphatic imine (C=N–C) groups is 1. The van der Waals surface area contributed by atoms with E-state index in [2.05, 4.69) is 31.0 Å². The highest BCUT2D eigenvalue weighted by Crippen LogP contribution is 2.29. The Morgan fingerprint density at radius 3 is 2.75 bits per heavy atom. The van der Waals surface area contributed by atoms with Crippen molar-refractivity contribution in [1.29, 1.82) is 0 Å². The fraction of sp³-hybridized carbons (Fsp3) is 0.355. The Kier molecular flexibility index (Phi) is 7.21. The smallest absolute Gasteiger partial charge is 0.327 e. The number of Topliss-reactive ketones (excluding diaryl/α,β-unsaturated/α-hetero) is 1. The molecule has 0 amide bonds. The van der Waals surface area contributed by atoms with Gasteiger partial charge in [0.2, 0.25) is 5.78 Å². The fourth-order valence-corrected chi connectivity index (χ4v) is 6.01. The predicted octanol–water partition coefficient (Wildman–Crippen LogP) is 4.87. The van der Waals surface area contributed by atoms with E-state index in [0.29, 0.717) is 16.9 Å². The van der Waals surface area contributed by atoms with E-state index in [-0.39, 0.29) is 23.6 Å². The summed E-state index contributed by atoms with van der Waals surface area (Å²) >= 11 is 0. The van der Waals surface area contributed by atoms with E-state index in [9.17, 15) is 9.59 Å². The number of likely N-dealkylation sites (tertiary alicyclic amines) is 1. The predicted molar refractivity (Wildman–Crippen MR) is 157 cm³/mol. The van der Waals surface area contributed by atoms with Crippen molar-refractivity contribution in [3.63, 3.8) is 0 Å². The number of piperidine rings is 1. The number of hydrogen-bond donors (Lipinski definition) is 1. The summed E-state index contributed by atoms with van der Waals surface area (Å²) in [6.07, 6.45) is 10.9. The van der Waals surface area contributed by atoms with Crippen LogP contribution in [0.25, 0.3) is 22.1 Å². The van der Waals surface area contributed by atoms with Crippen LogP contribution in [0.3, 0.4) is 0 Å². The molecule has 2 fully saturated rings. The number of H-pyrrole nitrogens is 1. The van der Waals surface area contributed by atoms with Crippen LogP contribution in [-0.2, 0) is 11.3 Å². The maximum Gasteiger partial charge on any atom is 0.327 e. The van der Waals surface area contributed by atoms with Crippen LogP contribution < -0.4 is 5.69 Å². The van der Waals surface area contributed by atoms with Gasteiger partial charge in [-0.25, -0.2) is 9.78 Å². The molecule has 3 aromatic heterocycles. The van der Waals surface area contributed by atoms with Crippen LogP contribution in [0.1, 0.15) is 49.0 Å². The summed E-state index contributed by atoms with van der Waals surface area (Å²) in [4.78, 5) is 40.2. The third kappa shape index (κ3) is 4.93. The highest BCUT2D eigenvalue weighted by atomic mass is 16.5. The monoisotopic (exact) mass is 538 g/mol. The summed E-state index contributed by atoms with van der Waals surface area (Å²) in [6, 6.07) is 11.8. The molecule has 6 rings (SSSR count). The first-order valence-electron chi connectivity index (χ1n) is 14.0. The van der Waals surface area contributed by atoms with Crippen molar-refractivity contribution in [2.24, 2.45) is 4.99 Å². The van der Waals surface area contributed by atoms with Gasteiger partial charge in [-0.05, 0) is 56.9 Å². The number of para-hydroxylation sites is 1. The number of imidazole rings is 1. The Labute approximate surface area is 232 Å². The van der Waals surface area contributed by atoms with Gasteiger partial charge in [-0.1, -0.05) is 24.8 Å². The molecule has 9 heteroatoms. The number of nitrogens with zero attached hydrogens (tertiary/aromatic N) is 5. The van der Waals surface area contributed by atoms with Gasteiger partial charge in [0.25, 0.3) is 0 Å². The van der Waals surface area contributed by atoms with Crippen LogP contribution in [0.2, 0.25) is 0 Å². The lowest BCUT2D eigenvalue weighted by molar-refractivity contribution is 0.0975. The van der Waals surface area contributed by atoms with Gasteiger partial charge in [-0.2, -0.15) is 0 Å². The molecule has 1 aromatic carbocycles. The number of ketones is 1. The van der Waals surface area contributed by atoms with Crippen LogP contribution in [-0.4, -0.2) is 61.8 Å². The first-order valence-corrected chi connectivity index (χ1v) is 14.0. The van der Waals surface area contributed by atoms with Gasteiger partial charge in [0, 0.05) is 73.1 Å². The average molecular weight is 539 g/mol. The number of pyridine rings is 1. The highest BCUT2D eigenvalue weighted by Gasteiger charge is 2.26. The molecule has 1 unspecified atom stereocenters. The molecule has 1 atom stereocenters. The second kappa shape index (κ2) is 11.1. The van der Waals surface area contributed by atoms with Crippen molar-refractivity contribution in [2.45, 2.75) is 51.3 Å². The van der Waals surface area contributed by atoms with Crippen LogP contribution in [0.15, 0.2) is 82.6 Å². The number of nitrogens with one attached hydrogen (secondary N) is 1.